The fourth-order valence-electron chi connectivity index (χ4n) is 1.07. The Hall–Kier alpha value is -1.77. The van der Waals surface area contributed by atoms with Crippen LogP contribution in [0.25, 0.3) is 6.08 Å². The quantitative estimate of drug-likeness (QED) is 0.432. The average molecular weight is 220 g/mol. The van der Waals surface area contributed by atoms with Crippen molar-refractivity contribution >= 4 is 12.2 Å². The summed E-state index contributed by atoms with van der Waals surface area (Å²) in [5.41, 5.74) is 0.976. The van der Waals surface area contributed by atoms with E-state index in [0.717, 1.165) is 18.4 Å². The first-order chi connectivity index (χ1) is 7.83. The molecule has 0 spiro atoms. The highest BCUT2D eigenvalue weighted by atomic mass is 16.7. The number of benzene rings is 1. The van der Waals surface area contributed by atoms with E-state index in [1.807, 2.05) is 37.3 Å². The van der Waals surface area contributed by atoms with Gasteiger partial charge in [0.05, 0.1) is 12.9 Å². The summed E-state index contributed by atoms with van der Waals surface area (Å²) in [5.74, 6) is 0. The van der Waals surface area contributed by atoms with E-state index in [1.54, 1.807) is 6.08 Å². The minimum atomic E-state index is -0.652. The Morgan fingerprint density at radius 3 is 2.75 bits per heavy atom. The maximum Gasteiger partial charge on any atom is 0.513 e. The molecule has 0 heterocycles. The summed E-state index contributed by atoms with van der Waals surface area (Å²) in [7, 11) is 0. The van der Waals surface area contributed by atoms with E-state index in [9.17, 15) is 4.79 Å². The van der Waals surface area contributed by atoms with Gasteiger partial charge in [-0.3, -0.25) is 0 Å². The summed E-state index contributed by atoms with van der Waals surface area (Å²) in [4.78, 5) is 11.0. The number of rotatable bonds is 5. The molecule has 0 saturated carbocycles. The maximum absolute atomic E-state index is 11.0. The fraction of sp³-hybridized carbons (Fsp3) is 0.308. The van der Waals surface area contributed by atoms with Crippen LogP contribution in [0.5, 0.6) is 0 Å². The number of carbonyl (C=O) groups is 1. The van der Waals surface area contributed by atoms with E-state index in [2.05, 4.69) is 0 Å². The van der Waals surface area contributed by atoms with Gasteiger partial charge in [0, 0.05) is 0 Å². The predicted molar refractivity (Wildman–Crippen MR) is 62.8 cm³/mol. The third kappa shape index (κ3) is 5.20. The van der Waals surface area contributed by atoms with Gasteiger partial charge in [-0.2, -0.15) is 0 Å². The van der Waals surface area contributed by atoms with Crippen LogP contribution in [0.2, 0.25) is 0 Å². The van der Waals surface area contributed by atoms with Gasteiger partial charge in [-0.15, -0.1) is 0 Å². The Kier molecular flexibility index (Phi) is 5.78. The van der Waals surface area contributed by atoms with Gasteiger partial charge in [0.25, 0.3) is 0 Å². The molecule has 0 N–H and O–H groups in total. The van der Waals surface area contributed by atoms with Gasteiger partial charge in [-0.1, -0.05) is 43.7 Å². The topological polar surface area (TPSA) is 35.5 Å². The van der Waals surface area contributed by atoms with Crippen molar-refractivity contribution in [3.63, 3.8) is 0 Å². The molecule has 1 rings (SSSR count). The predicted octanol–water partition coefficient (Wildman–Crippen LogP) is 3.61. The van der Waals surface area contributed by atoms with Crippen LogP contribution in [-0.4, -0.2) is 12.8 Å². The highest BCUT2D eigenvalue weighted by Gasteiger charge is 1.99. The molecule has 1 aromatic carbocycles. The number of unbranched alkanes of at least 4 members (excludes halogenated alkanes) is 1. The van der Waals surface area contributed by atoms with E-state index in [4.69, 9.17) is 9.47 Å². The lowest BCUT2D eigenvalue weighted by atomic mass is 10.2. The van der Waals surface area contributed by atoms with Crippen LogP contribution in [0.4, 0.5) is 4.79 Å². The molecule has 0 aliphatic carbocycles. The number of hydrogen-bond donors (Lipinski definition) is 0. The molecule has 0 unspecified atom stereocenters. The van der Waals surface area contributed by atoms with Crippen molar-refractivity contribution < 1.29 is 14.3 Å². The van der Waals surface area contributed by atoms with Gasteiger partial charge < -0.3 is 9.47 Å². The molecule has 0 aliphatic heterocycles. The normalized spacial score (nSPS) is 10.3. The molecule has 0 aromatic heterocycles. The number of carbonyl (C=O) groups excluding carboxylic acids is 1. The second-order valence-corrected chi connectivity index (χ2v) is 3.28. The summed E-state index contributed by atoms with van der Waals surface area (Å²) in [6.07, 6.45) is 4.25. The second-order valence-electron chi connectivity index (χ2n) is 3.28. The molecule has 0 amide bonds. The minimum absolute atomic E-state index is 0.411. The van der Waals surface area contributed by atoms with Crippen LogP contribution in [0.15, 0.2) is 36.6 Å². The van der Waals surface area contributed by atoms with Gasteiger partial charge in [0.2, 0.25) is 0 Å². The lowest BCUT2D eigenvalue weighted by Crippen LogP contribution is -2.04. The van der Waals surface area contributed by atoms with Crippen molar-refractivity contribution in [2.75, 3.05) is 6.61 Å². The third-order valence-corrected chi connectivity index (χ3v) is 1.94. The van der Waals surface area contributed by atoms with E-state index < -0.39 is 6.16 Å². The first-order valence-corrected chi connectivity index (χ1v) is 5.38. The van der Waals surface area contributed by atoms with Gasteiger partial charge >= 0.3 is 6.16 Å². The average Bonchev–Trinajstić information content (AvgIpc) is 2.31. The Balaban J connectivity index is 2.24. The van der Waals surface area contributed by atoms with Crippen LogP contribution in [-0.2, 0) is 9.47 Å². The van der Waals surface area contributed by atoms with Crippen molar-refractivity contribution in [1.29, 1.82) is 0 Å². The fourth-order valence-corrected chi connectivity index (χ4v) is 1.07. The molecular formula is C13H16O3. The zero-order valence-corrected chi connectivity index (χ0v) is 9.39. The first-order valence-electron chi connectivity index (χ1n) is 5.38. The summed E-state index contributed by atoms with van der Waals surface area (Å²) >= 11 is 0. The molecule has 0 aliphatic rings. The van der Waals surface area contributed by atoms with Crippen molar-refractivity contribution in [3.05, 3.63) is 42.2 Å². The first kappa shape index (κ1) is 12.3. The molecule has 3 heteroatoms. The Morgan fingerprint density at radius 2 is 2.06 bits per heavy atom. The van der Waals surface area contributed by atoms with Gasteiger partial charge in [0.1, 0.15) is 0 Å². The van der Waals surface area contributed by atoms with Crippen molar-refractivity contribution in [1.82, 2.24) is 0 Å². The second kappa shape index (κ2) is 7.51. The van der Waals surface area contributed by atoms with Gasteiger partial charge in [0.15, 0.2) is 0 Å². The van der Waals surface area contributed by atoms with E-state index in [-0.39, 0.29) is 0 Å². The minimum Gasteiger partial charge on any atom is -0.434 e. The molecule has 3 nitrogen and oxygen atoms in total. The molecule has 0 atom stereocenters. The monoisotopic (exact) mass is 220 g/mol. The number of ether oxygens (including phenoxy) is 2. The van der Waals surface area contributed by atoms with Crippen molar-refractivity contribution in [2.45, 2.75) is 19.8 Å². The van der Waals surface area contributed by atoms with E-state index >= 15 is 0 Å². The SMILES string of the molecule is CCCCOC(=O)OC=Cc1ccccc1. The summed E-state index contributed by atoms with van der Waals surface area (Å²) in [5, 5.41) is 0. The van der Waals surface area contributed by atoms with E-state index in [0.29, 0.717) is 6.61 Å². The molecule has 0 saturated heterocycles. The van der Waals surface area contributed by atoms with Gasteiger partial charge in [-0.05, 0) is 18.1 Å². The third-order valence-electron chi connectivity index (χ3n) is 1.94. The van der Waals surface area contributed by atoms with Crippen molar-refractivity contribution in [2.24, 2.45) is 0 Å². The molecule has 16 heavy (non-hydrogen) atoms. The summed E-state index contributed by atoms with van der Waals surface area (Å²) in [6, 6.07) is 9.60. The highest BCUT2D eigenvalue weighted by Crippen LogP contribution is 2.01. The Labute approximate surface area is 95.7 Å². The zero-order valence-electron chi connectivity index (χ0n) is 9.39. The maximum atomic E-state index is 11.0. The Bertz CT molecular complexity index is 330. The van der Waals surface area contributed by atoms with Gasteiger partial charge in [-0.25, -0.2) is 4.79 Å². The lowest BCUT2D eigenvalue weighted by Gasteiger charge is -2.00. The molecular weight excluding hydrogens is 204 g/mol. The van der Waals surface area contributed by atoms with Crippen molar-refractivity contribution in [3.8, 4) is 0 Å². The standard InChI is InChI=1S/C13H16O3/c1-2-3-10-15-13(14)16-11-9-12-7-5-4-6-8-12/h4-9,11H,2-3,10H2,1H3. The molecule has 1 aromatic rings. The molecule has 0 radical (unpaired) electrons. The Morgan fingerprint density at radius 1 is 1.31 bits per heavy atom. The summed E-state index contributed by atoms with van der Waals surface area (Å²) in [6.45, 7) is 2.44. The van der Waals surface area contributed by atoms with Crippen LogP contribution < -0.4 is 0 Å². The number of hydrogen-bond acceptors (Lipinski definition) is 3. The lowest BCUT2D eigenvalue weighted by molar-refractivity contribution is 0.0841. The zero-order chi connectivity index (χ0) is 11.6. The highest BCUT2D eigenvalue weighted by molar-refractivity contribution is 5.62. The molecule has 86 valence electrons. The largest absolute Gasteiger partial charge is 0.513 e. The summed E-state index contributed by atoms with van der Waals surface area (Å²) < 4.78 is 9.56. The van der Waals surface area contributed by atoms with E-state index in [1.165, 1.54) is 6.26 Å². The van der Waals surface area contributed by atoms with Crippen LogP contribution >= 0.6 is 0 Å². The molecule has 0 bridgehead atoms. The van der Waals surface area contributed by atoms with Crippen LogP contribution in [0.3, 0.4) is 0 Å². The van der Waals surface area contributed by atoms with Crippen LogP contribution in [0, 0.1) is 0 Å². The smallest absolute Gasteiger partial charge is 0.434 e. The van der Waals surface area contributed by atoms with Crippen LogP contribution in [0.1, 0.15) is 25.3 Å². The molecule has 0 fully saturated rings.